The van der Waals surface area contributed by atoms with Crippen LogP contribution in [0.25, 0.3) is 17.1 Å². The highest BCUT2D eigenvalue weighted by atomic mass is 16.5. The fourth-order valence-corrected chi connectivity index (χ4v) is 2.48. The van der Waals surface area contributed by atoms with E-state index in [1.165, 1.54) is 17.9 Å². The summed E-state index contributed by atoms with van der Waals surface area (Å²) in [6.45, 7) is 1.92. The quantitative estimate of drug-likeness (QED) is 0.725. The Morgan fingerprint density at radius 3 is 2.84 bits per heavy atom. The number of nitrogen functional groups attached to an aromatic ring is 1. The third-order valence-corrected chi connectivity index (χ3v) is 3.72. The number of carbonyl (C=O) groups excluding carboxylic acids is 1. The highest BCUT2D eigenvalue weighted by molar-refractivity contribution is 5.96. The molecule has 126 valence electrons. The number of hydrogen-bond donors (Lipinski definition) is 1. The molecule has 0 saturated carbocycles. The molecular formula is C17H15N5O3. The van der Waals surface area contributed by atoms with Crippen LogP contribution in [-0.4, -0.2) is 27.8 Å². The molecule has 0 atom stereocenters. The van der Waals surface area contributed by atoms with E-state index < -0.39 is 5.97 Å². The SMILES string of the molecule is CCc1noc(-c2ccccc2-n2cc(C#N)c(N)c2C(=O)OC)n1. The maximum absolute atomic E-state index is 12.2. The summed E-state index contributed by atoms with van der Waals surface area (Å²) in [5.74, 6) is 0.241. The van der Waals surface area contributed by atoms with Crippen LogP contribution in [0.1, 0.15) is 28.8 Å². The molecule has 3 rings (SSSR count). The molecule has 2 heterocycles. The van der Waals surface area contributed by atoms with Gasteiger partial charge in [0.2, 0.25) is 0 Å². The molecule has 1 aromatic carbocycles. The van der Waals surface area contributed by atoms with Gasteiger partial charge < -0.3 is 19.6 Å². The van der Waals surface area contributed by atoms with Crippen LogP contribution in [0.5, 0.6) is 0 Å². The summed E-state index contributed by atoms with van der Waals surface area (Å²) in [6.07, 6.45) is 2.12. The Balaban J connectivity index is 2.25. The summed E-state index contributed by atoms with van der Waals surface area (Å²) in [6, 6.07) is 9.12. The van der Waals surface area contributed by atoms with Crippen LogP contribution in [0.15, 0.2) is 35.0 Å². The van der Waals surface area contributed by atoms with E-state index in [0.29, 0.717) is 29.4 Å². The minimum absolute atomic E-state index is 0.0592. The first-order chi connectivity index (χ1) is 12.1. The van der Waals surface area contributed by atoms with Gasteiger partial charge in [-0.1, -0.05) is 24.2 Å². The molecule has 0 aliphatic rings. The highest BCUT2D eigenvalue weighted by Gasteiger charge is 2.24. The van der Waals surface area contributed by atoms with E-state index >= 15 is 0 Å². The van der Waals surface area contributed by atoms with Crippen molar-refractivity contribution in [3.8, 4) is 23.2 Å². The van der Waals surface area contributed by atoms with Crippen molar-refractivity contribution in [2.75, 3.05) is 12.8 Å². The van der Waals surface area contributed by atoms with Gasteiger partial charge >= 0.3 is 5.97 Å². The molecule has 0 unspecified atom stereocenters. The third-order valence-electron chi connectivity index (χ3n) is 3.72. The normalized spacial score (nSPS) is 10.4. The zero-order chi connectivity index (χ0) is 18.0. The van der Waals surface area contributed by atoms with E-state index in [4.69, 9.17) is 15.0 Å². The molecule has 0 aliphatic carbocycles. The first kappa shape index (κ1) is 16.3. The smallest absolute Gasteiger partial charge is 0.357 e. The molecule has 25 heavy (non-hydrogen) atoms. The van der Waals surface area contributed by atoms with Gasteiger partial charge in [-0.2, -0.15) is 10.2 Å². The molecule has 3 aromatic rings. The van der Waals surface area contributed by atoms with Crippen molar-refractivity contribution in [1.29, 1.82) is 5.26 Å². The van der Waals surface area contributed by atoms with E-state index in [-0.39, 0.29) is 16.9 Å². The van der Waals surface area contributed by atoms with Crippen molar-refractivity contribution in [2.45, 2.75) is 13.3 Å². The molecule has 0 bridgehead atoms. The summed E-state index contributed by atoms with van der Waals surface area (Å²) in [7, 11) is 1.25. The maximum atomic E-state index is 12.2. The number of esters is 1. The summed E-state index contributed by atoms with van der Waals surface area (Å²) < 4.78 is 11.6. The van der Waals surface area contributed by atoms with Crippen molar-refractivity contribution in [3.05, 3.63) is 47.5 Å². The van der Waals surface area contributed by atoms with E-state index in [9.17, 15) is 10.1 Å². The molecule has 0 aliphatic heterocycles. The first-order valence-electron chi connectivity index (χ1n) is 7.52. The number of hydrogen-bond acceptors (Lipinski definition) is 7. The number of ether oxygens (including phenoxy) is 1. The fraction of sp³-hybridized carbons (Fsp3) is 0.176. The summed E-state index contributed by atoms with van der Waals surface area (Å²) in [4.78, 5) is 16.5. The molecule has 0 fully saturated rings. The first-order valence-corrected chi connectivity index (χ1v) is 7.52. The lowest BCUT2D eigenvalue weighted by Gasteiger charge is -2.11. The highest BCUT2D eigenvalue weighted by Crippen LogP contribution is 2.30. The minimum Gasteiger partial charge on any atom is -0.464 e. The number of nitrogens with zero attached hydrogens (tertiary/aromatic N) is 4. The predicted molar refractivity (Wildman–Crippen MR) is 88.9 cm³/mol. The third kappa shape index (κ3) is 2.72. The predicted octanol–water partition coefficient (Wildman–Crippen LogP) is 2.33. The maximum Gasteiger partial charge on any atom is 0.357 e. The molecule has 8 nitrogen and oxygen atoms in total. The molecule has 8 heteroatoms. The molecule has 2 N–H and O–H groups in total. The largest absolute Gasteiger partial charge is 0.464 e. The van der Waals surface area contributed by atoms with Gasteiger partial charge in [-0.15, -0.1) is 0 Å². The molecule has 0 spiro atoms. The van der Waals surface area contributed by atoms with Crippen LogP contribution in [0.4, 0.5) is 5.69 Å². The van der Waals surface area contributed by atoms with Gasteiger partial charge in [0, 0.05) is 12.6 Å². The molecule has 0 saturated heterocycles. The number of benzene rings is 1. The van der Waals surface area contributed by atoms with E-state index in [1.807, 2.05) is 19.1 Å². The van der Waals surface area contributed by atoms with Gasteiger partial charge in [0.25, 0.3) is 5.89 Å². The number of nitriles is 1. The van der Waals surface area contributed by atoms with Gasteiger partial charge in [0.15, 0.2) is 11.5 Å². The Bertz CT molecular complexity index is 981. The van der Waals surface area contributed by atoms with Crippen LogP contribution < -0.4 is 5.73 Å². The van der Waals surface area contributed by atoms with Gasteiger partial charge in [0.1, 0.15) is 6.07 Å². The number of carbonyl (C=O) groups is 1. The van der Waals surface area contributed by atoms with Gasteiger partial charge in [-0.25, -0.2) is 4.79 Å². The minimum atomic E-state index is -0.645. The number of nitrogens with two attached hydrogens (primary N) is 1. The van der Waals surface area contributed by atoms with Crippen molar-refractivity contribution in [3.63, 3.8) is 0 Å². The zero-order valence-electron chi connectivity index (χ0n) is 13.7. The standard InChI is InChI=1S/C17H15N5O3/c1-3-13-20-16(25-21-13)11-6-4-5-7-12(11)22-9-10(8-18)14(19)15(22)17(23)24-2/h4-7,9H,3,19H2,1-2H3. The fourth-order valence-electron chi connectivity index (χ4n) is 2.48. The number of methoxy groups -OCH3 is 1. The second-order valence-corrected chi connectivity index (χ2v) is 5.16. The van der Waals surface area contributed by atoms with Crippen LogP contribution in [0, 0.1) is 11.3 Å². The van der Waals surface area contributed by atoms with Crippen LogP contribution in [-0.2, 0) is 11.2 Å². The molecular weight excluding hydrogens is 322 g/mol. The number of anilines is 1. The van der Waals surface area contributed by atoms with Gasteiger partial charge in [-0.05, 0) is 12.1 Å². The summed E-state index contributed by atoms with van der Waals surface area (Å²) >= 11 is 0. The van der Waals surface area contributed by atoms with Crippen molar-refractivity contribution in [1.82, 2.24) is 14.7 Å². The zero-order valence-corrected chi connectivity index (χ0v) is 13.7. The lowest BCUT2D eigenvalue weighted by Crippen LogP contribution is -2.11. The van der Waals surface area contributed by atoms with Crippen molar-refractivity contribution >= 4 is 11.7 Å². The number of rotatable bonds is 4. The van der Waals surface area contributed by atoms with Crippen molar-refractivity contribution in [2.24, 2.45) is 0 Å². The van der Waals surface area contributed by atoms with E-state index in [1.54, 1.807) is 18.2 Å². The second kappa shape index (κ2) is 6.49. The Hall–Kier alpha value is -3.60. The van der Waals surface area contributed by atoms with Crippen LogP contribution in [0.3, 0.4) is 0 Å². The topological polar surface area (TPSA) is 120 Å². The van der Waals surface area contributed by atoms with Gasteiger partial charge in [-0.3, -0.25) is 0 Å². The second-order valence-electron chi connectivity index (χ2n) is 5.16. The summed E-state index contributed by atoms with van der Waals surface area (Å²) in [5.41, 5.74) is 7.44. The Labute approximate surface area is 143 Å². The average molecular weight is 337 g/mol. The number of aryl methyl sites for hydroxylation is 1. The monoisotopic (exact) mass is 337 g/mol. The lowest BCUT2D eigenvalue weighted by atomic mass is 10.1. The Morgan fingerprint density at radius 2 is 2.20 bits per heavy atom. The Kier molecular flexibility index (Phi) is 4.22. The van der Waals surface area contributed by atoms with Crippen LogP contribution in [0.2, 0.25) is 0 Å². The molecule has 0 radical (unpaired) electrons. The number of aromatic nitrogens is 3. The lowest BCUT2D eigenvalue weighted by molar-refractivity contribution is 0.0593. The van der Waals surface area contributed by atoms with E-state index in [0.717, 1.165) is 0 Å². The van der Waals surface area contributed by atoms with E-state index in [2.05, 4.69) is 10.1 Å². The summed E-state index contributed by atoms with van der Waals surface area (Å²) in [5, 5.41) is 13.1. The van der Waals surface area contributed by atoms with Crippen LogP contribution >= 0.6 is 0 Å². The number of para-hydroxylation sites is 1. The Morgan fingerprint density at radius 1 is 1.44 bits per heavy atom. The van der Waals surface area contributed by atoms with Gasteiger partial charge in [0.05, 0.1) is 29.6 Å². The molecule has 0 amide bonds. The molecule has 2 aromatic heterocycles. The average Bonchev–Trinajstić information content (AvgIpc) is 3.25. The van der Waals surface area contributed by atoms with Crippen molar-refractivity contribution < 1.29 is 14.1 Å².